The molecule has 1 aromatic carbocycles. The van der Waals surface area contributed by atoms with Crippen LogP contribution in [0, 0.1) is 6.92 Å². The molecule has 0 amide bonds. The van der Waals surface area contributed by atoms with E-state index in [2.05, 4.69) is 15.1 Å². The van der Waals surface area contributed by atoms with Gasteiger partial charge in [0.25, 0.3) is 5.92 Å². The number of anilines is 1. The van der Waals surface area contributed by atoms with E-state index in [1.807, 2.05) is 0 Å². The van der Waals surface area contributed by atoms with Crippen molar-refractivity contribution in [2.45, 2.75) is 19.3 Å². The molecule has 1 saturated heterocycles. The third-order valence-electron chi connectivity index (χ3n) is 5.24. The number of aromatic nitrogens is 4. The fraction of sp³-hybridized carbons (Fsp3) is 0.238. The Morgan fingerprint density at radius 1 is 1.22 bits per heavy atom. The SMILES string of the molecule is Cc1cc(Cl)cc2c(=O)oc(-c3cc(N4CCC(F)(F)C4)nn3-c3ncccc3Cl)nc12. The average molecular weight is 478 g/mol. The van der Waals surface area contributed by atoms with Crippen LogP contribution < -0.4 is 10.5 Å². The molecule has 0 spiro atoms. The van der Waals surface area contributed by atoms with Crippen molar-refractivity contribution in [1.82, 2.24) is 19.7 Å². The first-order chi connectivity index (χ1) is 15.2. The number of fused-ring (bicyclic) bond motifs is 1. The zero-order chi connectivity index (χ0) is 22.6. The van der Waals surface area contributed by atoms with Crippen molar-refractivity contribution < 1.29 is 13.2 Å². The summed E-state index contributed by atoms with van der Waals surface area (Å²) in [6.07, 6.45) is 1.25. The predicted octanol–water partition coefficient (Wildman–Crippen LogP) is 4.90. The normalized spacial score (nSPS) is 15.6. The summed E-state index contributed by atoms with van der Waals surface area (Å²) in [5.74, 6) is -2.33. The van der Waals surface area contributed by atoms with E-state index in [1.54, 1.807) is 25.1 Å². The predicted molar refractivity (Wildman–Crippen MR) is 117 cm³/mol. The summed E-state index contributed by atoms with van der Waals surface area (Å²) >= 11 is 12.4. The van der Waals surface area contributed by atoms with Gasteiger partial charge in [0.1, 0.15) is 5.69 Å². The molecular weight excluding hydrogens is 463 g/mol. The van der Waals surface area contributed by atoms with Gasteiger partial charge in [-0.25, -0.2) is 28.2 Å². The Kier molecular flexibility index (Phi) is 4.90. The standard InChI is InChI=1S/C21H15Cl2F2N5O2/c1-11-7-12(22)8-13-17(11)27-19(32-20(13)31)15-9-16(29-6-4-21(24,25)10-29)28-30(15)18-14(23)3-2-5-26-18/h2-3,5,7-9H,4,6,10H2,1H3. The van der Waals surface area contributed by atoms with Crippen LogP contribution in [0.2, 0.25) is 10.0 Å². The van der Waals surface area contributed by atoms with Gasteiger partial charge in [0.15, 0.2) is 11.6 Å². The average Bonchev–Trinajstić information content (AvgIpc) is 3.32. The molecule has 4 heterocycles. The van der Waals surface area contributed by atoms with Crippen molar-refractivity contribution in [3.8, 4) is 17.4 Å². The molecule has 1 aliphatic heterocycles. The van der Waals surface area contributed by atoms with Crippen LogP contribution in [0.15, 0.2) is 45.7 Å². The van der Waals surface area contributed by atoms with Gasteiger partial charge < -0.3 is 9.32 Å². The van der Waals surface area contributed by atoms with Gasteiger partial charge in [-0.2, -0.15) is 0 Å². The smallest absolute Gasteiger partial charge is 0.347 e. The molecule has 1 aliphatic rings. The highest BCUT2D eigenvalue weighted by Crippen LogP contribution is 2.34. The largest absolute Gasteiger partial charge is 0.401 e. The minimum absolute atomic E-state index is 0.0423. The third-order valence-corrected chi connectivity index (χ3v) is 5.75. The van der Waals surface area contributed by atoms with Crippen molar-refractivity contribution in [1.29, 1.82) is 0 Å². The van der Waals surface area contributed by atoms with Gasteiger partial charge in [-0.3, -0.25) is 0 Å². The fourth-order valence-electron chi connectivity index (χ4n) is 3.72. The minimum Gasteiger partial charge on any atom is -0.401 e. The number of halogens is 4. The van der Waals surface area contributed by atoms with Gasteiger partial charge >= 0.3 is 5.63 Å². The second-order valence-corrected chi connectivity index (χ2v) is 8.40. The molecule has 7 nitrogen and oxygen atoms in total. The summed E-state index contributed by atoms with van der Waals surface area (Å²) in [6.45, 7) is 1.44. The zero-order valence-corrected chi connectivity index (χ0v) is 18.2. The van der Waals surface area contributed by atoms with Crippen LogP contribution in [-0.2, 0) is 0 Å². The lowest BCUT2D eigenvalue weighted by molar-refractivity contribution is 0.0256. The number of nitrogens with zero attached hydrogens (tertiary/aromatic N) is 5. The molecule has 3 aromatic heterocycles. The number of hydrogen-bond acceptors (Lipinski definition) is 6. The van der Waals surface area contributed by atoms with Crippen LogP contribution in [0.1, 0.15) is 12.0 Å². The Morgan fingerprint density at radius 2 is 2.03 bits per heavy atom. The summed E-state index contributed by atoms with van der Waals surface area (Å²) in [7, 11) is 0. The highest BCUT2D eigenvalue weighted by molar-refractivity contribution is 6.32. The Labute approximate surface area is 190 Å². The number of hydrogen-bond donors (Lipinski definition) is 0. The second kappa shape index (κ2) is 7.53. The Bertz CT molecular complexity index is 1420. The molecule has 1 fully saturated rings. The molecule has 32 heavy (non-hydrogen) atoms. The minimum atomic E-state index is -2.81. The molecule has 0 aliphatic carbocycles. The van der Waals surface area contributed by atoms with E-state index in [4.69, 9.17) is 27.6 Å². The van der Waals surface area contributed by atoms with Crippen LogP contribution in [0.4, 0.5) is 14.6 Å². The number of alkyl halides is 2. The van der Waals surface area contributed by atoms with E-state index < -0.39 is 18.1 Å². The van der Waals surface area contributed by atoms with E-state index in [0.717, 1.165) is 0 Å². The lowest BCUT2D eigenvalue weighted by atomic mass is 10.1. The number of aryl methyl sites for hydroxylation is 1. The van der Waals surface area contributed by atoms with Gasteiger partial charge in [-0.05, 0) is 36.8 Å². The van der Waals surface area contributed by atoms with E-state index in [1.165, 1.54) is 27.9 Å². The summed E-state index contributed by atoms with van der Waals surface area (Å²) in [5, 5.41) is 5.35. The maximum absolute atomic E-state index is 13.8. The zero-order valence-electron chi connectivity index (χ0n) is 16.6. The van der Waals surface area contributed by atoms with E-state index in [0.29, 0.717) is 16.1 Å². The molecule has 0 bridgehead atoms. The first kappa shape index (κ1) is 20.8. The Balaban J connectivity index is 1.73. The molecule has 0 N–H and O–H groups in total. The number of pyridine rings is 1. The monoisotopic (exact) mass is 477 g/mol. The third kappa shape index (κ3) is 3.61. The second-order valence-electron chi connectivity index (χ2n) is 7.56. The van der Waals surface area contributed by atoms with Crippen LogP contribution >= 0.6 is 23.2 Å². The first-order valence-corrected chi connectivity index (χ1v) is 10.4. The molecule has 0 radical (unpaired) electrons. The van der Waals surface area contributed by atoms with E-state index in [9.17, 15) is 13.6 Å². The molecule has 0 unspecified atom stereocenters. The van der Waals surface area contributed by atoms with Crippen LogP contribution in [0.5, 0.6) is 0 Å². The van der Waals surface area contributed by atoms with Crippen molar-refractivity contribution in [3.05, 3.63) is 62.6 Å². The van der Waals surface area contributed by atoms with Gasteiger partial charge in [0.2, 0.25) is 5.89 Å². The van der Waals surface area contributed by atoms with Crippen molar-refractivity contribution in [2.24, 2.45) is 0 Å². The van der Waals surface area contributed by atoms with Gasteiger partial charge in [-0.15, -0.1) is 5.10 Å². The Hall–Kier alpha value is -3.04. The lowest BCUT2D eigenvalue weighted by Gasteiger charge is -2.14. The maximum atomic E-state index is 13.8. The molecule has 5 rings (SSSR count). The summed E-state index contributed by atoms with van der Waals surface area (Å²) < 4.78 is 34.4. The highest BCUT2D eigenvalue weighted by Gasteiger charge is 2.39. The summed E-state index contributed by atoms with van der Waals surface area (Å²) in [4.78, 5) is 22.9. The fourth-order valence-corrected chi connectivity index (χ4v) is 4.19. The quantitative estimate of drug-likeness (QED) is 0.417. The molecule has 0 saturated carbocycles. The van der Waals surface area contributed by atoms with Crippen LogP contribution in [0.3, 0.4) is 0 Å². The van der Waals surface area contributed by atoms with Crippen LogP contribution in [-0.4, -0.2) is 38.8 Å². The number of benzene rings is 1. The van der Waals surface area contributed by atoms with E-state index in [-0.39, 0.29) is 46.6 Å². The summed E-state index contributed by atoms with van der Waals surface area (Å²) in [6, 6.07) is 7.98. The molecule has 11 heteroatoms. The maximum Gasteiger partial charge on any atom is 0.347 e. The molecule has 4 aromatic rings. The Morgan fingerprint density at radius 3 is 2.75 bits per heavy atom. The first-order valence-electron chi connectivity index (χ1n) is 9.67. The van der Waals surface area contributed by atoms with Crippen LogP contribution in [0.25, 0.3) is 28.3 Å². The highest BCUT2D eigenvalue weighted by atomic mass is 35.5. The van der Waals surface area contributed by atoms with Gasteiger partial charge in [-0.1, -0.05) is 23.2 Å². The van der Waals surface area contributed by atoms with Crippen molar-refractivity contribution >= 4 is 39.9 Å². The van der Waals surface area contributed by atoms with Gasteiger partial charge in [0, 0.05) is 30.3 Å². The van der Waals surface area contributed by atoms with Crippen molar-refractivity contribution in [3.63, 3.8) is 0 Å². The molecular formula is C21H15Cl2F2N5O2. The number of rotatable bonds is 3. The van der Waals surface area contributed by atoms with Crippen molar-refractivity contribution in [2.75, 3.05) is 18.0 Å². The molecule has 0 atom stereocenters. The van der Waals surface area contributed by atoms with Gasteiger partial charge in [0.05, 0.1) is 22.5 Å². The summed E-state index contributed by atoms with van der Waals surface area (Å²) in [5.41, 5.74) is 0.714. The topological polar surface area (TPSA) is 77.0 Å². The molecule has 164 valence electrons. The lowest BCUT2D eigenvalue weighted by Crippen LogP contribution is -2.25. The van der Waals surface area contributed by atoms with E-state index >= 15 is 0 Å².